The van der Waals surface area contributed by atoms with Gasteiger partial charge in [0.2, 0.25) is 0 Å². The maximum atomic E-state index is 11.4. The van der Waals surface area contributed by atoms with Crippen LogP contribution in [0.15, 0.2) is 24.3 Å². The van der Waals surface area contributed by atoms with Crippen molar-refractivity contribution >= 4 is 12.2 Å². The quantitative estimate of drug-likeness (QED) is 0.726. The van der Waals surface area contributed by atoms with E-state index in [1.165, 1.54) is 0 Å². The number of amides is 1. The number of rotatable bonds is 4. The molecule has 1 N–H and O–H groups in total. The average Bonchev–Trinajstić information content (AvgIpc) is 2.25. The summed E-state index contributed by atoms with van der Waals surface area (Å²) in [4.78, 5) is 21.6. The summed E-state index contributed by atoms with van der Waals surface area (Å²) in [5, 5.41) is 2.57. The molecule has 0 saturated carbocycles. The Balaban J connectivity index is 2.90. The van der Waals surface area contributed by atoms with Crippen molar-refractivity contribution in [3.8, 4) is 0 Å². The van der Waals surface area contributed by atoms with Gasteiger partial charge in [0.1, 0.15) is 6.29 Å². The number of carbonyl (C=O) groups excluding carboxylic acids is 2. The zero-order valence-electron chi connectivity index (χ0n) is 8.12. The summed E-state index contributed by atoms with van der Waals surface area (Å²) in [5.41, 5.74) is 1.57. The zero-order chi connectivity index (χ0) is 10.4. The molecule has 0 saturated heterocycles. The van der Waals surface area contributed by atoms with E-state index in [1.807, 2.05) is 18.2 Å². The third-order valence-corrected chi connectivity index (χ3v) is 2.02. The Kier molecular flexibility index (Phi) is 3.85. The molecule has 74 valence electrons. The van der Waals surface area contributed by atoms with E-state index in [-0.39, 0.29) is 5.91 Å². The van der Waals surface area contributed by atoms with E-state index < -0.39 is 0 Å². The summed E-state index contributed by atoms with van der Waals surface area (Å²) in [7, 11) is 1.60. The lowest BCUT2D eigenvalue weighted by atomic mass is 10.0. The first-order valence-electron chi connectivity index (χ1n) is 4.53. The monoisotopic (exact) mass is 191 g/mol. The van der Waals surface area contributed by atoms with Crippen molar-refractivity contribution in [3.63, 3.8) is 0 Å². The van der Waals surface area contributed by atoms with E-state index in [9.17, 15) is 9.59 Å². The van der Waals surface area contributed by atoms with Crippen LogP contribution in [0.4, 0.5) is 0 Å². The number of hydrogen-bond donors (Lipinski definition) is 1. The Morgan fingerprint density at radius 1 is 1.43 bits per heavy atom. The predicted octanol–water partition coefficient (Wildman–Crippen LogP) is 1.18. The van der Waals surface area contributed by atoms with Gasteiger partial charge in [-0.05, 0) is 18.1 Å². The maximum Gasteiger partial charge on any atom is 0.251 e. The summed E-state index contributed by atoms with van der Waals surface area (Å²) in [5.74, 6) is -0.105. The highest BCUT2D eigenvalue weighted by Crippen LogP contribution is 2.10. The van der Waals surface area contributed by atoms with Crippen LogP contribution in [0.2, 0.25) is 0 Å². The van der Waals surface area contributed by atoms with Crippen LogP contribution >= 0.6 is 0 Å². The SMILES string of the molecule is CNC(=O)c1ccccc1CCC=O. The fourth-order valence-electron chi connectivity index (χ4n) is 1.31. The number of aldehydes is 1. The van der Waals surface area contributed by atoms with Crippen molar-refractivity contribution in [1.82, 2.24) is 5.32 Å². The van der Waals surface area contributed by atoms with Gasteiger partial charge in [-0.15, -0.1) is 0 Å². The van der Waals surface area contributed by atoms with Crippen LogP contribution < -0.4 is 5.32 Å². The van der Waals surface area contributed by atoms with Gasteiger partial charge in [-0.2, -0.15) is 0 Å². The fraction of sp³-hybridized carbons (Fsp3) is 0.273. The van der Waals surface area contributed by atoms with Gasteiger partial charge < -0.3 is 10.1 Å². The van der Waals surface area contributed by atoms with Crippen LogP contribution in [-0.2, 0) is 11.2 Å². The molecule has 3 nitrogen and oxygen atoms in total. The van der Waals surface area contributed by atoms with Gasteiger partial charge in [-0.25, -0.2) is 0 Å². The molecule has 0 aliphatic carbocycles. The summed E-state index contributed by atoms with van der Waals surface area (Å²) >= 11 is 0. The lowest BCUT2D eigenvalue weighted by Gasteiger charge is -2.05. The minimum atomic E-state index is -0.105. The Bertz CT molecular complexity index is 334. The van der Waals surface area contributed by atoms with Crippen LogP contribution in [0.25, 0.3) is 0 Å². The third-order valence-electron chi connectivity index (χ3n) is 2.02. The van der Waals surface area contributed by atoms with Gasteiger partial charge in [-0.1, -0.05) is 18.2 Å². The van der Waals surface area contributed by atoms with Crippen molar-refractivity contribution in [1.29, 1.82) is 0 Å². The molecule has 0 heterocycles. The van der Waals surface area contributed by atoms with Gasteiger partial charge in [0.25, 0.3) is 5.91 Å². The molecule has 0 bridgehead atoms. The molecule has 0 unspecified atom stereocenters. The van der Waals surface area contributed by atoms with Gasteiger partial charge in [0.15, 0.2) is 0 Å². The third kappa shape index (κ3) is 2.42. The van der Waals surface area contributed by atoms with E-state index in [1.54, 1.807) is 13.1 Å². The van der Waals surface area contributed by atoms with Crippen LogP contribution in [0, 0.1) is 0 Å². The molecular formula is C11H13NO2. The molecule has 1 aromatic rings. The van der Waals surface area contributed by atoms with Crippen LogP contribution in [0.1, 0.15) is 22.3 Å². The molecular weight excluding hydrogens is 178 g/mol. The standard InChI is InChI=1S/C11H13NO2/c1-12-11(14)10-7-3-2-5-9(10)6-4-8-13/h2-3,5,7-8H,4,6H2,1H3,(H,12,14). The molecule has 0 aliphatic heterocycles. The molecule has 0 fully saturated rings. The highest BCUT2D eigenvalue weighted by molar-refractivity contribution is 5.95. The van der Waals surface area contributed by atoms with Crippen molar-refractivity contribution in [2.45, 2.75) is 12.8 Å². The van der Waals surface area contributed by atoms with E-state index >= 15 is 0 Å². The Hall–Kier alpha value is -1.64. The van der Waals surface area contributed by atoms with Crippen LogP contribution in [-0.4, -0.2) is 19.2 Å². The number of carbonyl (C=O) groups is 2. The van der Waals surface area contributed by atoms with Gasteiger partial charge >= 0.3 is 0 Å². The minimum Gasteiger partial charge on any atom is -0.355 e. The predicted molar refractivity (Wildman–Crippen MR) is 54.2 cm³/mol. The lowest BCUT2D eigenvalue weighted by molar-refractivity contribution is -0.107. The number of nitrogens with one attached hydrogen (secondary N) is 1. The summed E-state index contributed by atoms with van der Waals surface area (Å²) in [6.07, 6.45) is 1.93. The highest BCUT2D eigenvalue weighted by atomic mass is 16.1. The fourth-order valence-corrected chi connectivity index (χ4v) is 1.31. The second kappa shape index (κ2) is 5.17. The first-order valence-corrected chi connectivity index (χ1v) is 4.53. The lowest BCUT2D eigenvalue weighted by Crippen LogP contribution is -2.19. The summed E-state index contributed by atoms with van der Waals surface area (Å²) in [6, 6.07) is 7.31. The van der Waals surface area contributed by atoms with Crippen LogP contribution in [0.5, 0.6) is 0 Å². The second-order valence-corrected chi connectivity index (χ2v) is 2.94. The Morgan fingerprint density at radius 2 is 2.14 bits per heavy atom. The molecule has 14 heavy (non-hydrogen) atoms. The zero-order valence-corrected chi connectivity index (χ0v) is 8.12. The molecule has 0 aliphatic rings. The highest BCUT2D eigenvalue weighted by Gasteiger charge is 2.07. The van der Waals surface area contributed by atoms with E-state index in [4.69, 9.17) is 0 Å². The van der Waals surface area contributed by atoms with E-state index in [2.05, 4.69) is 5.32 Å². The molecule has 1 aromatic carbocycles. The molecule has 0 radical (unpaired) electrons. The van der Waals surface area contributed by atoms with Gasteiger partial charge in [-0.3, -0.25) is 4.79 Å². The van der Waals surface area contributed by atoms with Crippen molar-refractivity contribution < 1.29 is 9.59 Å². The molecule has 1 rings (SSSR count). The topological polar surface area (TPSA) is 46.2 Å². The molecule has 0 atom stereocenters. The van der Waals surface area contributed by atoms with Crippen molar-refractivity contribution in [2.75, 3.05) is 7.05 Å². The molecule has 3 heteroatoms. The first kappa shape index (κ1) is 10.4. The Labute approximate surface area is 83.1 Å². The molecule has 0 spiro atoms. The minimum absolute atomic E-state index is 0.105. The maximum absolute atomic E-state index is 11.4. The largest absolute Gasteiger partial charge is 0.355 e. The summed E-state index contributed by atoms with van der Waals surface area (Å²) < 4.78 is 0. The number of benzene rings is 1. The number of aryl methyl sites for hydroxylation is 1. The first-order chi connectivity index (χ1) is 6.79. The smallest absolute Gasteiger partial charge is 0.251 e. The Morgan fingerprint density at radius 3 is 2.79 bits per heavy atom. The van der Waals surface area contributed by atoms with Crippen molar-refractivity contribution in [3.05, 3.63) is 35.4 Å². The summed E-state index contributed by atoms with van der Waals surface area (Å²) in [6.45, 7) is 0. The average molecular weight is 191 g/mol. The second-order valence-electron chi connectivity index (χ2n) is 2.94. The van der Waals surface area contributed by atoms with E-state index in [0.717, 1.165) is 11.8 Å². The molecule has 0 aromatic heterocycles. The van der Waals surface area contributed by atoms with Crippen molar-refractivity contribution in [2.24, 2.45) is 0 Å². The number of hydrogen-bond acceptors (Lipinski definition) is 2. The van der Waals surface area contributed by atoms with Crippen LogP contribution in [0.3, 0.4) is 0 Å². The van der Waals surface area contributed by atoms with Gasteiger partial charge in [0, 0.05) is 19.0 Å². The van der Waals surface area contributed by atoms with Gasteiger partial charge in [0.05, 0.1) is 0 Å². The normalized spacial score (nSPS) is 9.50. The molecule has 1 amide bonds. The van der Waals surface area contributed by atoms with E-state index in [0.29, 0.717) is 18.4 Å².